The Morgan fingerprint density at radius 1 is 1.23 bits per heavy atom. The number of carbonyl (C=O) groups excluding carboxylic acids is 1. The first-order valence-corrected chi connectivity index (χ1v) is 11.1. The Labute approximate surface area is 194 Å². The summed E-state index contributed by atoms with van der Waals surface area (Å²) in [7, 11) is 0. The van der Waals surface area contributed by atoms with Crippen molar-refractivity contribution in [2.45, 2.75) is 51.2 Å². The Bertz CT molecular complexity index is 871. The molecule has 2 unspecified atom stereocenters. The number of halogens is 2. The molecular formula is C24H30Cl2N2O3. The second kappa shape index (κ2) is 11.6. The highest BCUT2D eigenvalue weighted by molar-refractivity contribution is 6.30. The van der Waals surface area contributed by atoms with Crippen molar-refractivity contribution in [1.82, 2.24) is 10.3 Å². The summed E-state index contributed by atoms with van der Waals surface area (Å²) < 4.78 is 0. The van der Waals surface area contributed by atoms with Gasteiger partial charge in [-0.05, 0) is 48.6 Å². The van der Waals surface area contributed by atoms with Crippen molar-refractivity contribution < 1.29 is 15.0 Å². The molecular weight excluding hydrogens is 435 g/mol. The number of benzene rings is 1. The number of aliphatic hydroxyl groups is 2. The van der Waals surface area contributed by atoms with E-state index in [9.17, 15) is 15.0 Å². The molecule has 3 N–H and O–H groups in total. The van der Waals surface area contributed by atoms with Crippen molar-refractivity contribution in [3.63, 3.8) is 0 Å². The lowest BCUT2D eigenvalue weighted by molar-refractivity contribution is -0.132. The van der Waals surface area contributed by atoms with Crippen LogP contribution in [0.25, 0.3) is 0 Å². The third kappa shape index (κ3) is 6.78. The Balaban J connectivity index is 2.44. The molecule has 0 saturated heterocycles. The summed E-state index contributed by atoms with van der Waals surface area (Å²) in [5.41, 5.74) is 0.537. The molecule has 168 valence electrons. The van der Waals surface area contributed by atoms with Crippen molar-refractivity contribution in [3.05, 3.63) is 76.6 Å². The first kappa shape index (κ1) is 25.3. The Morgan fingerprint density at radius 2 is 1.90 bits per heavy atom. The van der Waals surface area contributed by atoms with E-state index in [1.54, 1.807) is 42.6 Å². The van der Waals surface area contributed by atoms with Gasteiger partial charge in [0.1, 0.15) is 0 Å². The summed E-state index contributed by atoms with van der Waals surface area (Å²) in [6, 6.07) is 8.40. The van der Waals surface area contributed by atoms with Crippen molar-refractivity contribution in [3.8, 4) is 0 Å². The van der Waals surface area contributed by atoms with Crippen LogP contribution in [0.5, 0.6) is 0 Å². The average molecular weight is 465 g/mol. The molecule has 5 nitrogen and oxygen atoms in total. The molecule has 0 saturated carbocycles. The number of allylic oxidation sites excluding steroid dienone is 1. The summed E-state index contributed by atoms with van der Waals surface area (Å²) in [6.45, 7) is 7.42. The maximum Gasteiger partial charge on any atom is 0.226 e. The van der Waals surface area contributed by atoms with Crippen LogP contribution in [-0.2, 0) is 4.79 Å². The van der Waals surface area contributed by atoms with Crippen LogP contribution in [0.15, 0.2) is 55.4 Å². The fraction of sp³-hybridized carbons (Fsp3) is 0.417. The van der Waals surface area contributed by atoms with Crippen LogP contribution in [0.1, 0.15) is 56.3 Å². The molecule has 1 aromatic heterocycles. The zero-order chi connectivity index (χ0) is 23.0. The molecule has 0 bridgehead atoms. The van der Waals surface area contributed by atoms with E-state index in [4.69, 9.17) is 23.2 Å². The molecule has 2 aromatic rings. The third-order valence-electron chi connectivity index (χ3n) is 5.61. The molecule has 1 amide bonds. The zero-order valence-corrected chi connectivity index (χ0v) is 19.4. The molecule has 0 radical (unpaired) electrons. The Morgan fingerprint density at radius 3 is 2.45 bits per heavy atom. The van der Waals surface area contributed by atoms with Crippen molar-refractivity contribution in [2.75, 3.05) is 6.61 Å². The van der Waals surface area contributed by atoms with E-state index in [1.165, 1.54) is 6.20 Å². The first-order chi connectivity index (χ1) is 14.7. The van der Waals surface area contributed by atoms with Crippen LogP contribution >= 0.6 is 23.2 Å². The first-order valence-electron chi connectivity index (χ1n) is 10.3. The average Bonchev–Trinajstić information content (AvgIpc) is 2.76. The quantitative estimate of drug-likeness (QED) is 0.405. The van der Waals surface area contributed by atoms with Gasteiger partial charge in [0.15, 0.2) is 0 Å². The largest absolute Gasteiger partial charge is 0.394 e. The lowest BCUT2D eigenvalue weighted by Crippen LogP contribution is -2.46. The van der Waals surface area contributed by atoms with Crippen molar-refractivity contribution in [1.29, 1.82) is 0 Å². The molecule has 4 atom stereocenters. The summed E-state index contributed by atoms with van der Waals surface area (Å²) in [5.74, 6) is -0.658. The fourth-order valence-corrected chi connectivity index (χ4v) is 3.95. The second-order valence-electron chi connectivity index (χ2n) is 8.06. The molecule has 31 heavy (non-hydrogen) atoms. The van der Waals surface area contributed by atoms with Crippen LogP contribution in [-0.4, -0.2) is 33.8 Å². The van der Waals surface area contributed by atoms with Gasteiger partial charge in [0.25, 0.3) is 0 Å². The molecule has 2 rings (SSSR count). The van der Waals surface area contributed by atoms with Gasteiger partial charge < -0.3 is 15.5 Å². The van der Waals surface area contributed by atoms with E-state index in [-0.39, 0.29) is 18.6 Å². The number of carbonyl (C=O) groups is 1. The number of amides is 1. The zero-order valence-electron chi connectivity index (χ0n) is 17.9. The van der Waals surface area contributed by atoms with Crippen LogP contribution in [0.3, 0.4) is 0 Å². The predicted octanol–water partition coefficient (Wildman–Crippen LogP) is 5.07. The van der Waals surface area contributed by atoms with E-state index in [1.807, 2.05) is 13.8 Å². The highest BCUT2D eigenvalue weighted by Crippen LogP contribution is 2.42. The van der Waals surface area contributed by atoms with Crippen LogP contribution < -0.4 is 5.32 Å². The normalized spacial score (nSPS) is 16.1. The van der Waals surface area contributed by atoms with Crippen molar-refractivity contribution in [2.24, 2.45) is 5.41 Å². The third-order valence-corrected chi connectivity index (χ3v) is 6.07. The minimum Gasteiger partial charge on any atom is -0.394 e. The molecule has 0 spiro atoms. The maximum atomic E-state index is 13.2. The molecule has 1 aromatic carbocycles. The van der Waals surface area contributed by atoms with Gasteiger partial charge in [-0.15, -0.1) is 6.58 Å². The molecule has 7 heteroatoms. The minimum atomic E-state index is -0.908. The number of hydrogen-bond donors (Lipinski definition) is 3. The van der Waals surface area contributed by atoms with Crippen molar-refractivity contribution >= 4 is 29.1 Å². The minimum absolute atomic E-state index is 0.137. The summed E-state index contributed by atoms with van der Waals surface area (Å²) in [6.07, 6.45) is 5.30. The number of nitrogens with zero attached hydrogens (tertiary/aromatic N) is 1. The Kier molecular flexibility index (Phi) is 9.51. The number of pyridine rings is 1. The van der Waals surface area contributed by atoms with E-state index >= 15 is 0 Å². The SMILES string of the molecule is C=CCC(C)(C[C@H](c1cncc(Cl)c1)[C@@H](O)c1ccc(Cl)cc1)C(=O)NC(CC)CO. The van der Waals surface area contributed by atoms with Crippen LogP contribution in [0.2, 0.25) is 10.0 Å². The smallest absolute Gasteiger partial charge is 0.226 e. The monoisotopic (exact) mass is 464 g/mol. The van der Waals surface area contributed by atoms with Gasteiger partial charge in [0.05, 0.1) is 29.2 Å². The van der Waals surface area contributed by atoms with Gasteiger partial charge in [-0.2, -0.15) is 0 Å². The fourth-order valence-electron chi connectivity index (χ4n) is 3.64. The number of aliphatic hydroxyl groups excluding tert-OH is 2. The molecule has 0 fully saturated rings. The van der Waals surface area contributed by atoms with Gasteiger partial charge in [0, 0.05) is 23.3 Å². The van der Waals surface area contributed by atoms with Gasteiger partial charge >= 0.3 is 0 Å². The van der Waals surface area contributed by atoms with E-state index in [0.29, 0.717) is 34.9 Å². The molecule has 1 heterocycles. The Hall–Kier alpha value is -1.92. The van der Waals surface area contributed by atoms with Gasteiger partial charge in [-0.25, -0.2) is 0 Å². The van der Waals surface area contributed by atoms with E-state index in [0.717, 1.165) is 5.56 Å². The number of hydrogen-bond acceptors (Lipinski definition) is 4. The van der Waals surface area contributed by atoms with Gasteiger partial charge in [0.2, 0.25) is 5.91 Å². The lowest BCUT2D eigenvalue weighted by Gasteiger charge is -2.35. The lowest BCUT2D eigenvalue weighted by atomic mass is 9.73. The van der Waals surface area contributed by atoms with Gasteiger partial charge in [-0.3, -0.25) is 9.78 Å². The molecule has 0 aliphatic rings. The summed E-state index contributed by atoms with van der Waals surface area (Å²) in [5, 5.41) is 24.7. The number of nitrogens with one attached hydrogen (secondary N) is 1. The van der Waals surface area contributed by atoms with E-state index < -0.39 is 17.4 Å². The van der Waals surface area contributed by atoms with Gasteiger partial charge in [-0.1, -0.05) is 55.3 Å². The van der Waals surface area contributed by atoms with E-state index in [2.05, 4.69) is 16.9 Å². The van der Waals surface area contributed by atoms with Crippen LogP contribution in [0, 0.1) is 5.41 Å². The second-order valence-corrected chi connectivity index (χ2v) is 8.93. The standard InChI is InChI=1S/C24H30Cl2N2O3/c1-4-10-24(3,23(31)28-20(5-2)15-29)12-21(17-11-19(26)14-27-13-17)22(30)16-6-8-18(25)9-7-16/h4,6-9,11,13-14,20-22,29-30H,1,5,10,12,15H2,2-3H3,(H,28,31)/t20?,21-,22+,24?/m1/s1. The summed E-state index contributed by atoms with van der Waals surface area (Å²) >= 11 is 12.2. The highest BCUT2D eigenvalue weighted by Gasteiger charge is 2.38. The number of rotatable bonds is 11. The number of aromatic nitrogens is 1. The summed E-state index contributed by atoms with van der Waals surface area (Å²) in [4.78, 5) is 17.4. The maximum absolute atomic E-state index is 13.2. The topological polar surface area (TPSA) is 82.5 Å². The van der Waals surface area contributed by atoms with Crippen LogP contribution in [0.4, 0.5) is 0 Å². The highest BCUT2D eigenvalue weighted by atomic mass is 35.5. The molecule has 0 aliphatic carbocycles. The molecule has 0 aliphatic heterocycles. The predicted molar refractivity (Wildman–Crippen MR) is 125 cm³/mol.